The quantitative estimate of drug-likeness (QED) is 0.349. The Morgan fingerprint density at radius 2 is 1.79 bits per heavy atom. The second-order valence-corrected chi connectivity index (χ2v) is 7.49. The SMILES string of the molecule is Cc1c(C#N)c(NC(=O)COC(=O)C=Cc2cnc3ccccc3n2)n(-c2ccccc2)c1C. The van der Waals surface area contributed by atoms with Crippen molar-refractivity contribution in [1.29, 1.82) is 5.26 Å². The molecule has 0 saturated heterocycles. The van der Waals surface area contributed by atoms with Gasteiger partial charge in [-0.05, 0) is 49.8 Å². The molecule has 0 radical (unpaired) electrons. The van der Waals surface area contributed by atoms with Crippen LogP contribution in [0.3, 0.4) is 0 Å². The van der Waals surface area contributed by atoms with Crippen molar-refractivity contribution >= 4 is 34.8 Å². The van der Waals surface area contributed by atoms with E-state index in [2.05, 4.69) is 21.4 Å². The molecule has 0 bridgehead atoms. The number of fused-ring (bicyclic) bond motifs is 1. The molecule has 4 aromatic rings. The number of hydrogen-bond donors (Lipinski definition) is 1. The van der Waals surface area contributed by atoms with Gasteiger partial charge in [0.25, 0.3) is 5.91 Å². The molecular weight excluding hydrogens is 430 g/mol. The van der Waals surface area contributed by atoms with E-state index in [4.69, 9.17) is 4.74 Å². The Hall–Kier alpha value is -4.77. The molecular formula is C26H21N5O3. The first-order chi connectivity index (χ1) is 16.5. The van der Waals surface area contributed by atoms with Gasteiger partial charge in [-0.1, -0.05) is 30.3 Å². The topological polar surface area (TPSA) is 110 Å². The normalized spacial score (nSPS) is 10.9. The summed E-state index contributed by atoms with van der Waals surface area (Å²) in [4.78, 5) is 33.3. The average molecular weight is 451 g/mol. The largest absolute Gasteiger partial charge is 0.452 e. The van der Waals surface area contributed by atoms with Crippen molar-refractivity contribution in [3.05, 3.63) is 89.4 Å². The van der Waals surface area contributed by atoms with Crippen molar-refractivity contribution in [1.82, 2.24) is 14.5 Å². The number of benzene rings is 2. The van der Waals surface area contributed by atoms with Gasteiger partial charge in [0.15, 0.2) is 6.61 Å². The molecule has 2 aromatic heterocycles. The van der Waals surface area contributed by atoms with E-state index in [1.165, 1.54) is 12.2 Å². The number of rotatable bonds is 6. The monoisotopic (exact) mass is 451 g/mol. The van der Waals surface area contributed by atoms with E-state index in [9.17, 15) is 14.9 Å². The first-order valence-electron chi connectivity index (χ1n) is 10.5. The van der Waals surface area contributed by atoms with Crippen LogP contribution in [0.15, 0.2) is 66.9 Å². The highest BCUT2D eigenvalue weighted by molar-refractivity contribution is 5.95. The Balaban J connectivity index is 1.44. The molecule has 2 aromatic carbocycles. The number of para-hydroxylation sites is 3. The van der Waals surface area contributed by atoms with Crippen LogP contribution in [0.25, 0.3) is 22.8 Å². The third-order valence-electron chi connectivity index (χ3n) is 5.30. The average Bonchev–Trinajstić information content (AvgIpc) is 3.10. The molecule has 0 aliphatic rings. The number of anilines is 1. The van der Waals surface area contributed by atoms with Crippen LogP contribution >= 0.6 is 0 Å². The van der Waals surface area contributed by atoms with Gasteiger partial charge < -0.3 is 10.1 Å². The molecule has 0 atom stereocenters. The molecule has 0 aliphatic heterocycles. The van der Waals surface area contributed by atoms with E-state index in [0.29, 0.717) is 22.6 Å². The third kappa shape index (κ3) is 4.69. The number of amides is 1. The summed E-state index contributed by atoms with van der Waals surface area (Å²) in [5.41, 5.74) is 4.70. The number of nitriles is 1. The Kier molecular flexibility index (Phi) is 6.46. The summed E-state index contributed by atoms with van der Waals surface area (Å²) in [6, 6.07) is 18.9. The number of nitrogens with zero attached hydrogens (tertiary/aromatic N) is 4. The number of ether oxygens (including phenoxy) is 1. The number of nitrogens with one attached hydrogen (secondary N) is 1. The minimum Gasteiger partial charge on any atom is -0.452 e. The van der Waals surface area contributed by atoms with Crippen LogP contribution < -0.4 is 5.32 Å². The van der Waals surface area contributed by atoms with E-state index in [1.807, 2.05) is 68.4 Å². The molecule has 168 valence electrons. The summed E-state index contributed by atoms with van der Waals surface area (Å²) in [5, 5.41) is 12.4. The molecule has 8 heteroatoms. The maximum atomic E-state index is 12.6. The maximum absolute atomic E-state index is 12.6. The Morgan fingerprint density at radius 3 is 2.53 bits per heavy atom. The zero-order valence-electron chi connectivity index (χ0n) is 18.6. The number of carbonyl (C=O) groups is 2. The zero-order valence-corrected chi connectivity index (χ0v) is 18.6. The van der Waals surface area contributed by atoms with Gasteiger partial charge in [-0.2, -0.15) is 5.26 Å². The summed E-state index contributed by atoms with van der Waals surface area (Å²) < 4.78 is 6.86. The van der Waals surface area contributed by atoms with Crippen molar-refractivity contribution in [3.8, 4) is 11.8 Å². The summed E-state index contributed by atoms with van der Waals surface area (Å²) in [6.45, 7) is 3.19. The number of hydrogen-bond acceptors (Lipinski definition) is 6. The van der Waals surface area contributed by atoms with Crippen LogP contribution in [0.5, 0.6) is 0 Å². The number of esters is 1. The predicted molar refractivity (Wildman–Crippen MR) is 128 cm³/mol. The fraction of sp³-hybridized carbons (Fsp3) is 0.115. The first kappa shape index (κ1) is 22.4. The molecule has 0 saturated carbocycles. The molecule has 0 unspecified atom stereocenters. The zero-order chi connectivity index (χ0) is 24.1. The van der Waals surface area contributed by atoms with Crippen molar-refractivity contribution < 1.29 is 14.3 Å². The lowest BCUT2D eigenvalue weighted by molar-refractivity contribution is -0.142. The Morgan fingerprint density at radius 1 is 1.09 bits per heavy atom. The fourth-order valence-corrected chi connectivity index (χ4v) is 3.52. The predicted octanol–water partition coefficient (Wildman–Crippen LogP) is 4.10. The minimum absolute atomic E-state index is 0.340. The smallest absolute Gasteiger partial charge is 0.331 e. The summed E-state index contributed by atoms with van der Waals surface area (Å²) in [5.74, 6) is -0.915. The van der Waals surface area contributed by atoms with E-state index in [1.54, 1.807) is 10.8 Å². The summed E-state index contributed by atoms with van der Waals surface area (Å²) >= 11 is 0. The van der Waals surface area contributed by atoms with Crippen LogP contribution in [0.1, 0.15) is 22.5 Å². The van der Waals surface area contributed by atoms with Gasteiger partial charge in [0.05, 0.1) is 28.5 Å². The van der Waals surface area contributed by atoms with Crippen LogP contribution in [-0.2, 0) is 14.3 Å². The van der Waals surface area contributed by atoms with Crippen molar-refractivity contribution in [2.24, 2.45) is 0 Å². The summed E-state index contributed by atoms with van der Waals surface area (Å²) in [7, 11) is 0. The highest BCUT2D eigenvalue weighted by atomic mass is 16.5. The standard InChI is InChI=1S/C26H21N5O3/c1-17-18(2)31(20-8-4-3-5-9-20)26(21(17)14-27)30-24(32)16-34-25(33)13-12-19-15-28-22-10-6-7-11-23(22)29-19/h3-13,15H,16H2,1-2H3,(H,30,32). The second-order valence-electron chi connectivity index (χ2n) is 7.49. The fourth-order valence-electron chi connectivity index (χ4n) is 3.52. The number of carbonyl (C=O) groups excluding carboxylic acids is 2. The molecule has 2 heterocycles. The number of aromatic nitrogens is 3. The van der Waals surface area contributed by atoms with E-state index in [0.717, 1.165) is 22.5 Å². The second kappa shape index (κ2) is 9.79. The summed E-state index contributed by atoms with van der Waals surface area (Å²) in [6.07, 6.45) is 4.21. The lowest BCUT2D eigenvalue weighted by Gasteiger charge is -2.13. The molecule has 4 rings (SSSR count). The van der Waals surface area contributed by atoms with Gasteiger partial charge in [-0.15, -0.1) is 0 Å². The highest BCUT2D eigenvalue weighted by Gasteiger charge is 2.21. The van der Waals surface area contributed by atoms with Gasteiger partial charge in [-0.3, -0.25) is 14.3 Å². The van der Waals surface area contributed by atoms with Crippen LogP contribution in [0.4, 0.5) is 5.82 Å². The molecule has 0 spiro atoms. The maximum Gasteiger partial charge on any atom is 0.331 e. The van der Waals surface area contributed by atoms with Gasteiger partial charge in [0, 0.05) is 17.5 Å². The highest BCUT2D eigenvalue weighted by Crippen LogP contribution is 2.29. The van der Waals surface area contributed by atoms with Crippen LogP contribution in [0.2, 0.25) is 0 Å². The van der Waals surface area contributed by atoms with Gasteiger partial charge >= 0.3 is 5.97 Å². The van der Waals surface area contributed by atoms with Crippen LogP contribution in [0, 0.1) is 25.2 Å². The van der Waals surface area contributed by atoms with Gasteiger partial charge in [0.2, 0.25) is 0 Å². The van der Waals surface area contributed by atoms with Crippen LogP contribution in [-0.4, -0.2) is 33.0 Å². The molecule has 1 N–H and O–H groups in total. The molecule has 0 fully saturated rings. The van der Waals surface area contributed by atoms with E-state index < -0.39 is 18.5 Å². The van der Waals surface area contributed by atoms with Crippen molar-refractivity contribution in [2.45, 2.75) is 13.8 Å². The van der Waals surface area contributed by atoms with Crippen molar-refractivity contribution in [2.75, 3.05) is 11.9 Å². The molecule has 8 nitrogen and oxygen atoms in total. The molecule has 1 amide bonds. The molecule has 0 aliphatic carbocycles. The molecule has 34 heavy (non-hydrogen) atoms. The Bertz CT molecular complexity index is 1450. The lowest BCUT2D eigenvalue weighted by atomic mass is 10.2. The lowest BCUT2D eigenvalue weighted by Crippen LogP contribution is -2.22. The van der Waals surface area contributed by atoms with Gasteiger partial charge in [-0.25, -0.2) is 9.78 Å². The Labute approximate surface area is 196 Å². The van der Waals surface area contributed by atoms with E-state index in [-0.39, 0.29) is 0 Å². The third-order valence-corrected chi connectivity index (χ3v) is 5.30. The van der Waals surface area contributed by atoms with E-state index >= 15 is 0 Å². The first-order valence-corrected chi connectivity index (χ1v) is 10.5. The van der Waals surface area contributed by atoms with Gasteiger partial charge in [0.1, 0.15) is 11.9 Å². The minimum atomic E-state index is -0.698. The van der Waals surface area contributed by atoms with Crippen molar-refractivity contribution in [3.63, 3.8) is 0 Å².